The van der Waals surface area contributed by atoms with Gasteiger partial charge in [-0.1, -0.05) is 6.07 Å². The molecule has 3 N–H and O–H groups in total. The van der Waals surface area contributed by atoms with Crippen molar-refractivity contribution in [3.63, 3.8) is 0 Å². The molecule has 1 aromatic carbocycles. The Hall–Kier alpha value is -2.34. The molecule has 0 aliphatic carbocycles. The van der Waals surface area contributed by atoms with Crippen molar-refractivity contribution >= 4 is 34.6 Å². The zero-order valence-corrected chi connectivity index (χ0v) is 12.7. The van der Waals surface area contributed by atoms with E-state index in [-0.39, 0.29) is 11.9 Å². The molecule has 3 amide bonds. The molecule has 0 radical (unpaired) electrons. The van der Waals surface area contributed by atoms with Gasteiger partial charge in [-0.2, -0.15) is 0 Å². The maximum absolute atomic E-state index is 11.8. The Morgan fingerprint density at radius 1 is 1.19 bits per heavy atom. The van der Waals surface area contributed by atoms with Crippen molar-refractivity contribution in [2.75, 3.05) is 10.6 Å². The van der Waals surface area contributed by atoms with Crippen LogP contribution in [0.3, 0.4) is 0 Å². The summed E-state index contributed by atoms with van der Waals surface area (Å²) in [6.45, 7) is 3.84. The molecule has 5 nitrogen and oxygen atoms in total. The van der Waals surface area contributed by atoms with Gasteiger partial charge < -0.3 is 16.0 Å². The van der Waals surface area contributed by atoms with Gasteiger partial charge in [0.15, 0.2) is 0 Å². The van der Waals surface area contributed by atoms with E-state index in [1.165, 1.54) is 6.92 Å². The number of thiophene rings is 1. The zero-order valence-electron chi connectivity index (χ0n) is 11.9. The number of nitrogens with one attached hydrogen (secondary N) is 3. The lowest BCUT2D eigenvalue weighted by Gasteiger charge is -2.10. The Kier molecular flexibility index (Phi) is 4.94. The van der Waals surface area contributed by atoms with Crippen LogP contribution in [0.25, 0.3) is 0 Å². The number of amides is 3. The first-order valence-electron chi connectivity index (χ1n) is 6.50. The average Bonchev–Trinajstić information content (AvgIpc) is 2.92. The van der Waals surface area contributed by atoms with E-state index in [0.29, 0.717) is 12.2 Å². The van der Waals surface area contributed by atoms with E-state index in [1.54, 1.807) is 23.5 Å². The van der Waals surface area contributed by atoms with Crippen molar-refractivity contribution in [3.05, 3.63) is 46.2 Å². The van der Waals surface area contributed by atoms with Crippen LogP contribution in [-0.4, -0.2) is 11.9 Å². The lowest BCUT2D eigenvalue weighted by Crippen LogP contribution is -2.27. The predicted molar refractivity (Wildman–Crippen MR) is 85.7 cm³/mol. The number of urea groups is 1. The minimum absolute atomic E-state index is 0.118. The van der Waals surface area contributed by atoms with Crippen molar-refractivity contribution in [2.24, 2.45) is 0 Å². The van der Waals surface area contributed by atoms with E-state index in [0.717, 1.165) is 16.1 Å². The Morgan fingerprint density at radius 2 is 2.00 bits per heavy atom. The summed E-state index contributed by atoms with van der Waals surface area (Å²) < 4.78 is 0. The first-order chi connectivity index (χ1) is 10.0. The van der Waals surface area contributed by atoms with Gasteiger partial charge in [0.1, 0.15) is 0 Å². The number of hydrogen-bond donors (Lipinski definition) is 3. The molecule has 2 aromatic rings. The molecule has 2 rings (SSSR count). The molecule has 0 bridgehead atoms. The summed E-state index contributed by atoms with van der Waals surface area (Å²) in [5, 5.41) is 10.3. The van der Waals surface area contributed by atoms with E-state index in [1.807, 2.05) is 30.5 Å². The minimum Gasteiger partial charge on any atom is -0.333 e. The van der Waals surface area contributed by atoms with Crippen LogP contribution in [0.1, 0.15) is 17.4 Å². The topological polar surface area (TPSA) is 70.2 Å². The van der Waals surface area contributed by atoms with Crippen LogP contribution in [0.15, 0.2) is 35.7 Å². The van der Waals surface area contributed by atoms with Crippen LogP contribution >= 0.6 is 11.3 Å². The molecule has 6 heteroatoms. The maximum Gasteiger partial charge on any atom is 0.319 e. The van der Waals surface area contributed by atoms with Crippen molar-refractivity contribution in [2.45, 2.75) is 20.4 Å². The number of carbonyl (C=O) groups excluding carboxylic acids is 2. The third kappa shape index (κ3) is 4.61. The van der Waals surface area contributed by atoms with Crippen LogP contribution in [-0.2, 0) is 11.3 Å². The van der Waals surface area contributed by atoms with Gasteiger partial charge >= 0.3 is 6.03 Å². The maximum atomic E-state index is 11.8. The summed E-state index contributed by atoms with van der Waals surface area (Å²) >= 11 is 1.60. The second kappa shape index (κ2) is 6.90. The summed E-state index contributed by atoms with van der Waals surface area (Å²) in [5.41, 5.74) is 2.32. The number of benzene rings is 1. The van der Waals surface area contributed by atoms with Gasteiger partial charge in [-0.15, -0.1) is 11.3 Å². The molecule has 21 heavy (non-hydrogen) atoms. The van der Waals surface area contributed by atoms with Gasteiger partial charge in [0.25, 0.3) is 0 Å². The molecule has 1 aromatic heterocycles. The molecule has 0 saturated heterocycles. The van der Waals surface area contributed by atoms with Crippen molar-refractivity contribution in [1.82, 2.24) is 5.32 Å². The van der Waals surface area contributed by atoms with Gasteiger partial charge in [0, 0.05) is 23.2 Å². The van der Waals surface area contributed by atoms with Crippen molar-refractivity contribution < 1.29 is 9.59 Å². The highest BCUT2D eigenvalue weighted by atomic mass is 32.1. The van der Waals surface area contributed by atoms with Gasteiger partial charge in [-0.3, -0.25) is 4.79 Å². The Labute approximate surface area is 127 Å². The standard InChI is InChI=1S/C15H17N3O2S/c1-10-8-12(5-6-14(10)17-11(2)19)18-15(20)16-9-13-4-3-7-21-13/h3-8H,9H2,1-2H3,(H,17,19)(H2,16,18,20). The van der Waals surface area contributed by atoms with E-state index in [4.69, 9.17) is 0 Å². The zero-order chi connectivity index (χ0) is 15.2. The fourth-order valence-electron chi connectivity index (χ4n) is 1.83. The van der Waals surface area contributed by atoms with Crippen LogP contribution in [0, 0.1) is 6.92 Å². The third-order valence-corrected chi connectivity index (χ3v) is 3.67. The smallest absolute Gasteiger partial charge is 0.319 e. The van der Waals surface area contributed by atoms with Gasteiger partial charge in [0.05, 0.1) is 6.54 Å². The van der Waals surface area contributed by atoms with Gasteiger partial charge in [-0.25, -0.2) is 4.79 Å². The number of carbonyl (C=O) groups is 2. The second-order valence-electron chi connectivity index (χ2n) is 4.60. The summed E-state index contributed by atoms with van der Waals surface area (Å²) in [6, 6.07) is 9.00. The number of aryl methyl sites for hydroxylation is 1. The monoisotopic (exact) mass is 303 g/mol. The van der Waals surface area contributed by atoms with Crippen LogP contribution in [0.2, 0.25) is 0 Å². The Balaban J connectivity index is 1.91. The third-order valence-electron chi connectivity index (χ3n) is 2.80. The quantitative estimate of drug-likeness (QED) is 0.810. The normalized spacial score (nSPS) is 10.0. The molecular formula is C15H17N3O2S. The van der Waals surface area contributed by atoms with E-state index >= 15 is 0 Å². The summed E-state index contributed by atoms with van der Waals surface area (Å²) in [4.78, 5) is 23.9. The Bertz CT molecular complexity index is 638. The van der Waals surface area contributed by atoms with Crippen LogP contribution in [0.4, 0.5) is 16.2 Å². The summed E-state index contributed by atoms with van der Waals surface area (Å²) in [5.74, 6) is -0.118. The van der Waals surface area contributed by atoms with Crippen LogP contribution < -0.4 is 16.0 Å². The van der Waals surface area contributed by atoms with Gasteiger partial charge in [0.2, 0.25) is 5.91 Å². The summed E-state index contributed by atoms with van der Waals surface area (Å²) in [6.07, 6.45) is 0. The molecule has 0 saturated carbocycles. The molecule has 0 spiro atoms. The highest BCUT2D eigenvalue weighted by Gasteiger charge is 2.05. The average molecular weight is 303 g/mol. The molecule has 0 aliphatic heterocycles. The molecule has 0 aliphatic rings. The predicted octanol–water partition coefficient (Wildman–Crippen LogP) is 3.34. The molecule has 0 fully saturated rings. The SMILES string of the molecule is CC(=O)Nc1ccc(NC(=O)NCc2cccs2)cc1C. The second-order valence-corrected chi connectivity index (χ2v) is 5.63. The van der Waals surface area contributed by atoms with Crippen molar-refractivity contribution in [1.29, 1.82) is 0 Å². The van der Waals surface area contributed by atoms with Crippen molar-refractivity contribution in [3.8, 4) is 0 Å². The van der Waals surface area contributed by atoms with E-state index < -0.39 is 0 Å². The van der Waals surface area contributed by atoms with Crippen LogP contribution in [0.5, 0.6) is 0 Å². The first kappa shape index (κ1) is 15.1. The lowest BCUT2D eigenvalue weighted by atomic mass is 10.1. The molecule has 0 atom stereocenters. The fourth-order valence-corrected chi connectivity index (χ4v) is 2.47. The van der Waals surface area contributed by atoms with E-state index in [9.17, 15) is 9.59 Å². The molecular weight excluding hydrogens is 286 g/mol. The number of anilines is 2. The number of rotatable bonds is 4. The van der Waals surface area contributed by atoms with Gasteiger partial charge in [-0.05, 0) is 42.1 Å². The fraction of sp³-hybridized carbons (Fsp3) is 0.200. The lowest BCUT2D eigenvalue weighted by molar-refractivity contribution is -0.114. The molecule has 110 valence electrons. The largest absolute Gasteiger partial charge is 0.333 e. The highest BCUT2D eigenvalue weighted by molar-refractivity contribution is 7.09. The molecule has 0 unspecified atom stereocenters. The molecule has 1 heterocycles. The minimum atomic E-state index is -0.255. The summed E-state index contributed by atoms with van der Waals surface area (Å²) in [7, 11) is 0. The Morgan fingerprint density at radius 3 is 2.62 bits per heavy atom. The first-order valence-corrected chi connectivity index (χ1v) is 7.38. The highest BCUT2D eigenvalue weighted by Crippen LogP contribution is 2.19. The number of hydrogen-bond acceptors (Lipinski definition) is 3. The van der Waals surface area contributed by atoms with E-state index in [2.05, 4.69) is 16.0 Å².